The van der Waals surface area contributed by atoms with Crippen LogP contribution < -0.4 is 5.73 Å². The third-order valence-corrected chi connectivity index (χ3v) is 5.38. The van der Waals surface area contributed by atoms with Crippen molar-refractivity contribution in [2.24, 2.45) is 5.73 Å². The summed E-state index contributed by atoms with van der Waals surface area (Å²) < 4.78 is 25.6. The van der Waals surface area contributed by atoms with Crippen LogP contribution >= 0.6 is 11.3 Å². The average molecular weight is 248 g/mol. The topological polar surface area (TPSA) is 63.4 Å². The molecule has 0 saturated carbocycles. The van der Waals surface area contributed by atoms with Gasteiger partial charge in [0.15, 0.2) is 0 Å². The molecule has 1 aromatic rings. The van der Waals surface area contributed by atoms with Gasteiger partial charge in [-0.25, -0.2) is 12.7 Å². The fourth-order valence-electron chi connectivity index (χ4n) is 1.14. The van der Waals surface area contributed by atoms with Crippen molar-refractivity contribution >= 4 is 21.4 Å². The van der Waals surface area contributed by atoms with E-state index in [1.165, 1.54) is 15.6 Å². The second kappa shape index (κ2) is 5.07. The predicted molar refractivity (Wildman–Crippen MR) is 62.5 cm³/mol. The Labute approximate surface area is 94.8 Å². The SMILES string of the molecule is Cc1ccc(S(=O)(=O)N(C)CCCN)s1. The number of sulfonamides is 1. The highest BCUT2D eigenvalue weighted by Gasteiger charge is 2.21. The van der Waals surface area contributed by atoms with E-state index < -0.39 is 10.0 Å². The van der Waals surface area contributed by atoms with E-state index in [1.54, 1.807) is 13.1 Å². The number of aryl methyl sites for hydroxylation is 1. The molecule has 0 fully saturated rings. The van der Waals surface area contributed by atoms with Crippen LogP contribution in [0.25, 0.3) is 0 Å². The third-order valence-electron chi connectivity index (χ3n) is 2.06. The van der Waals surface area contributed by atoms with Crippen LogP contribution in [0.15, 0.2) is 16.3 Å². The van der Waals surface area contributed by atoms with Crippen LogP contribution in [0.3, 0.4) is 0 Å². The molecule has 4 nitrogen and oxygen atoms in total. The molecule has 0 aliphatic carbocycles. The van der Waals surface area contributed by atoms with Gasteiger partial charge in [0, 0.05) is 18.5 Å². The molecular formula is C9H16N2O2S2. The number of nitrogens with zero attached hydrogens (tertiary/aromatic N) is 1. The van der Waals surface area contributed by atoms with Crippen molar-refractivity contribution in [3.8, 4) is 0 Å². The molecule has 0 unspecified atom stereocenters. The van der Waals surface area contributed by atoms with Gasteiger partial charge >= 0.3 is 0 Å². The lowest BCUT2D eigenvalue weighted by Gasteiger charge is -2.15. The van der Waals surface area contributed by atoms with E-state index in [4.69, 9.17) is 5.73 Å². The maximum absolute atomic E-state index is 11.9. The summed E-state index contributed by atoms with van der Waals surface area (Å²) >= 11 is 1.30. The monoisotopic (exact) mass is 248 g/mol. The highest BCUT2D eigenvalue weighted by atomic mass is 32.2. The largest absolute Gasteiger partial charge is 0.330 e. The van der Waals surface area contributed by atoms with Gasteiger partial charge in [0.2, 0.25) is 0 Å². The minimum atomic E-state index is -3.29. The summed E-state index contributed by atoms with van der Waals surface area (Å²) in [7, 11) is -1.71. The summed E-state index contributed by atoms with van der Waals surface area (Å²) in [5.41, 5.74) is 5.34. The molecule has 0 aliphatic heterocycles. The first-order valence-corrected chi connectivity index (χ1v) is 6.97. The molecule has 1 aromatic heterocycles. The Balaban J connectivity index is 2.83. The molecule has 0 bridgehead atoms. The summed E-state index contributed by atoms with van der Waals surface area (Å²) in [4.78, 5) is 1.00. The molecular weight excluding hydrogens is 232 g/mol. The molecule has 15 heavy (non-hydrogen) atoms. The van der Waals surface area contributed by atoms with E-state index in [9.17, 15) is 8.42 Å². The molecule has 0 amide bonds. The summed E-state index contributed by atoms with van der Waals surface area (Å²) in [5.74, 6) is 0. The van der Waals surface area contributed by atoms with Gasteiger partial charge in [-0.05, 0) is 32.0 Å². The molecule has 0 aromatic carbocycles. The Kier molecular flexibility index (Phi) is 4.27. The van der Waals surface area contributed by atoms with Crippen molar-refractivity contribution in [3.05, 3.63) is 17.0 Å². The summed E-state index contributed by atoms with van der Waals surface area (Å²) in [6.07, 6.45) is 0.681. The smallest absolute Gasteiger partial charge is 0.252 e. The molecule has 1 heterocycles. The van der Waals surface area contributed by atoms with Crippen LogP contribution in [0.5, 0.6) is 0 Å². The number of hydrogen-bond donors (Lipinski definition) is 1. The normalized spacial score (nSPS) is 12.3. The van der Waals surface area contributed by atoms with Crippen molar-refractivity contribution in [3.63, 3.8) is 0 Å². The fourth-order valence-corrected chi connectivity index (χ4v) is 3.84. The van der Waals surface area contributed by atoms with E-state index >= 15 is 0 Å². The number of hydrogen-bond acceptors (Lipinski definition) is 4. The van der Waals surface area contributed by atoms with Gasteiger partial charge in [-0.2, -0.15) is 0 Å². The zero-order valence-corrected chi connectivity index (χ0v) is 10.6. The van der Waals surface area contributed by atoms with Crippen LogP contribution in [0.1, 0.15) is 11.3 Å². The Hall–Kier alpha value is -0.430. The van der Waals surface area contributed by atoms with Crippen LogP contribution in [0, 0.1) is 6.92 Å². The van der Waals surface area contributed by atoms with Gasteiger partial charge in [0.25, 0.3) is 10.0 Å². The zero-order chi connectivity index (χ0) is 11.5. The van der Waals surface area contributed by atoms with E-state index in [2.05, 4.69) is 0 Å². The lowest BCUT2D eigenvalue weighted by molar-refractivity contribution is 0.465. The fraction of sp³-hybridized carbons (Fsp3) is 0.556. The van der Waals surface area contributed by atoms with E-state index in [0.29, 0.717) is 23.7 Å². The zero-order valence-electron chi connectivity index (χ0n) is 8.93. The minimum absolute atomic E-state index is 0.402. The first kappa shape index (κ1) is 12.6. The van der Waals surface area contributed by atoms with Crippen LogP contribution in [-0.2, 0) is 10.0 Å². The van der Waals surface area contributed by atoms with Gasteiger partial charge in [0.1, 0.15) is 4.21 Å². The predicted octanol–water partition coefficient (Wildman–Crippen LogP) is 1.03. The molecule has 2 N–H and O–H groups in total. The van der Waals surface area contributed by atoms with Crippen molar-refractivity contribution in [1.29, 1.82) is 0 Å². The first-order chi connectivity index (χ1) is 6.98. The highest BCUT2D eigenvalue weighted by Crippen LogP contribution is 2.23. The lowest BCUT2D eigenvalue weighted by atomic mass is 10.4. The molecule has 0 aliphatic rings. The lowest BCUT2D eigenvalue weighted by Crippen LogP contribution is -2.28. The van der Waals surface area contributed by atoms with Crippen molar-refractivity contribution < 1.29 is 8.42 Å². The first-order valence-electron chi connectivity index (χ1n) is 4.71. The minimum Gasteiger partial charge on any atom is -0.330 e. The van der Waals surface area contributed by atoms with E-state index in [-0.39, 0.29) is 0 Å². The molecule has 0 radical (unpaired) electrons. The number of rotatable bonds is 5. The number of nitrogens with two attached hydrogens (primary N) is 1. The Morgan fingerprint density at radius 2 is 2.13 bits per heavy atom. The van der Waals surface area contributed by atoms with Crippen LogP contribution in [-0.4, -0.2) is 32.9 Å². The van der Waals surface area contributed by atoms with E-state index in [1.807, 2.05) is 13.0 Å². The molecule has 0 spiro atoms. The van der Waals surface area contributed by atoms with Crippen LogP contribution in [0.2, 0.25) is 0 Å². The maximum atomic E-state index is 11.9. The second-order valence-corrected chi connectivity index (χ2v) is 6.89. The number of thiophene rings is 1. The standard InChI is InChI=1S/C9H16N2O2S2/c1-8-4-5-9(14-8)15(12,13)11(2)7-3-6-10/h4-5H,3,6-7,10H2,1-2H3. The van der Waals surface area contributed by atoms with Gasteiger partial charge in [0.05, 0.1) is 0 Å². The van der Waals surface area contributed by atoms with Gasteiger partial charge in [-0.15, -0.1) is 11.3 Å². The van der Waals surface area contributed by atoms with Crippen molar-refractivity contribution in [1.82, 2.24) is 4.31 Å². The quantitative estimate of drug-likeness (QED) is 0.846. The van der Waals surface area contributed by atoms with E-state index in [0.717, 1.165) is 4.88 Å². The summed E-state index contributed by atoms with van der Waals surface area (Å²) in [6, 6.07) is 3.46. The molecule has 0 atom stereocenters. The Morgan fingerprint density at radius 3 is 2.60 bits per heavy atom. The van der Waals surface area contributed by atoms with Crippen molar-refractivity contribution in [2.75, 3.05) is 20.1 Å². The van der Waals surface area contributed by atoms with Crippen molar-refractivity contribution in [2.45, 2.75) is 17.6 Å². The molecule has 6 heteroatoms. The average Bonchev–Trinajstić information content (AvgIpc) is 2.61. The Bertz CT molecular complexity index is 412. The maximum Gasteiger partial charge on any atom is 0.252 e. The second-order valence-electron chi connectivity index (χ2n) is 3.33. The van der Waals surface area contributed by atoms with Gasteiger partial charge in [-0.3, -0.25) is 0 Å². The molecule has 86 valence electrons. The highest BCUT2D eigenvalue weighted by molar-refractivity contribution is 7.91. The molecule has 0 saturated heterocycles. The summed E-state index contributed by atoms with van der Waals surface area (Å²) in [5, 5.41) is 0. The molecule has 1 rings (SSSR count). The Morgan fingerprint density at radius 1 is 1.47 bits per heavy atom. The van der Waals surface area contributed by atoms with Crippen LogP contribution in [0.4, 0.5) is 0 Å². The van der Waals surface area contributed by atoms with Gasteiger partial charge < -0.3 is 5.73 Å². The third kappa shape index (κ3) is 3.01. The summed E-state index contributed by atoms with van der Waals surface area (Å²) in [6.45, 7) is 2.86. The van der Waals surface area contributed by atoms with Gasteiger partial charge in [-0.1, -0.05) is 0 Å².